The highest BCUT2D eigenvalue weighted by atomic mass is 32.2. The van der Waals surface area contributed by atoms with Crippen molar-refractivity contribution in [2.45, 2.75) is 5.25 Å². The van der Waals surface area contributed by atoms with E-state index in [-0.39, 0.29) is 17.1 Å². The highest BCUT2D eigenvalue weighted by Gasteiger charge is 2.28. The molecule has 8 nitrogen and oxygen atoms in total. The lowest BCUT2D eigenvalue weighted by Crippen LogP contribution is -2.41. The largest absolute Gasteiger partial charge is 0.493 e. The van der Waals surface area contributed by atoms with Crippen molar-refractivity contribution < 1.29 is 23.8 Å². The summed E-state index contributed by atoms with van der Waals surface area (Å²) in [6, 6.07) is 5.47. The average Bonchev–Trinajstić information content (AvgIpc) is 2.84. The van der Waals surface area contributed by atoms with Crippen molar-refractivity contribution in [2.75, 3.05) is 53.6 Å². The number of rotatable bonds is 7. The zero-order chi connectivity index (χ0) is 23.2. The van der Waals surface area contributed by atoms with Crippen LogP contribution in [0.3, 0.4) is 0 Å². The van der Waals surface area contributed by atoms with Gasteiger partial charge in [0, 0.05) is 31.8 Å². The molecule has 9 heteroatoms. The van der Waals surface area contributed by atoms with Gasteiger partial charge in [-0.2, -0.15) is 0 Å². The van der Waals surface area contributed by atoms with Crippen LogP contribution in [0.2, 0.25) is 0 Å². The second-order valence-electron chi connectivity index (χ2n) is 7.67. The molecular weight excluding hydrogens is 442 g/mol. The fourth-order valence-electron chi connectivity index (χ4n) is 3.72. The summed E-state index contributed by atoms with van der Waals surface area (Å²) in [6.07, 6.45) is 7.20. The summed E-state index contributed by atoms with van der Waals surface area (Å²) >= 11 is 1.42. The number of carbonyl (C=O) groups excluding carboxylic acids is 2. The van der Waals surface area contributed by atoms with Gasteiger partial charge >= 0.3 is 0 Å². The van der Waals surface area contributed by atoms with Gasteiger partial charge in [-0.15, -0.1) is 11.8 Å². The lowest BCUT2D eigenvalue weighted by molar-refractivity contribution is -0.117. The van der Waals surface area contributed by atoms with Gasteiger partial charge in [0.25, 0.3) is 11.8 Å². The average molecular weight is 470 g/mol. The van der Waals surface area contributed by atoms with Crippen molar-refractivity contribution in [1.82, 2.24) is 10.2 Å². The summed E-state index contributed by atoms with van der Waals surface area (Å²) in [6.45, 7) is 4.58. The van der Waals surface area contributed by atoms with E-state index < -0.39 is 0 Å². The molecule has 1 aromatic rings. The molecule has 3 aliphatic rings. The first-order valence-electron chi connectivity index (χ1n) is 10.8. The monoisotopic (exact) mass is 469 g/mol. The number of allylic oxidation sites excluding steroid dienone is 1. The first-order valence-corrected chi connectivity index (χ1v) is 11.7. The molecule has 1 aliphatic carbocycles. The number of carbonyl (C=O) groups is 2. The number of methoxy groups -OCH3 is 2. The number of aliphatic imine (C=N–C) groups is 1. The van der Waals surface area contributed by atoms with E-state index in [0.717, 1.165) is 38.4 Å². The first-order chi connectivity index (χ1) is 16.1. The molecular formula is C24H27N3O5S. The third-order valence-electron chi connectivity index (χ3n) is 5.53. The Morgan fingerprint density at radius 2 is 2.06 bits per heavy atom. The molecule has 2 aliphatic heterocycles. The maximum Gasteiger partial charge on any atom is 0.283 e. The molecule has 1 N–H and O–H groups in total. The second kappa shape index (κ2) is 10.8. The Hall–Kier alpha value is -2.88. The van der Waals surface area contributed by atoms with Crippen LogP contribution in [0.1, 0.15) is 5.56 Å². The van der Waals surface area contributed by atoms with E-state index >= 15 is 0 Å². The fourth-order valence-corrected chi connectivity index (χ4v) is 4.74. The zero-order valence-electron chi connectivity index (χ0n) is 18.7. The topological polar surface area (TPSA) is 89.5 Å². The lowest BCUT2D eigenvalue weighted by atomic mass is 10.0. The number of hydrogen-bond acceptors (Lipinski definition) is 7. The molecule has 2 heterocycles. The van der Waals surface area contributed by atoms with Crippen LogP contribution in [0.25, 0.3) is 6.08 Å². The van der Waals surface area contributed by atoms with Crippen LogP contribution in [-0.2, 0) is 14.3 Å². The molecule has 0 spiro atoms. The second-order valence-corrected chi connectivity index (χ2v) is 8.86. The number of amides is 2. The van der Waals surface area contributed by atoms with Crippen molar-refractivity contribution >= 4 is 35.4 Å². The molecule has 0 radical (unpaired) electrons. The predicted octanol–water partition coefficient (Wildman–Crippen LogP) is 2.07. The van der Waals surface area contributed by atoms with Gasteiger partial charge in [0.1, 0.15) is 0 Å². The van der Waals surface area contributed by atoms with Crippen molar-refractivity contribution in [1.29, 1.82) is 0 Å². The molecule has 0 aromatic heterocycles. The predicted molar refractivity (Wildman–Crippen MR) is 129 cm³/mol. The summed E-state index contributed by atoms with van der Waals surface area (Å²) in [7, 11) is 3.15. The Morgan fingerprint density at radius 1 is 1.27 bits per heavy atom. The van der Waals surface area contributed by atoms with Crippen molar-refractivity contribution in [3.63, 3.8) is 0 Å². The minimum Gasteiger partial charge on any atom is -0.493 e. The van der Waals surface area contributed by atoms with Gasteiger partial charge in [0.15, 0.2) is 11.5 Å². The van der Waals surface area contributed by atoms with Crippen LogP contribution in [0.15, 0.2) is 51.9 Å². The Balaban J connectivity index is 1.40. The van der Waals surface area contributed by atoms with E-state index in [2.05, 4.69) is 15.2 Å². The molecule has 1 aromatic carbocycles. The van der Waals surface area contributed by atoms with Crippen LogP contribution in [0, 0.1) is 0 Å². The first kappa shape index (κ1) is 23.3. The maximum absolute atomic E-state index is 12.7. The van der Waals surface area contributed by atoms with Crippen molar-refractivity contribution in [3.05, 3.63) is 52.5 Å². The zero-order valence-corrected chi connectivity index (χ0v) is 19.5. The number of hydrogen-bond donors (Lipinski definition) is 1. The molecule has 33 heavy (non-hydrogen) atoms. The standard InChI is InChI=1S/C24H27N3O5S/c1-30-19-5-3-16(13-20(19)31-2)14-22-24(29)26-18-15-17(4-6-21(18)33-22)23(28)25-7-8-27-9-11-32-12-10-27/h3-6,13-15,21H,7-12H2,1-2H3,(H,25,28)/b22-14+. The number of fused-ring (bicyclic) bond motifs is 1. The molecule has 0 bridgehead atoms. The lowest BCUT2D eigenvalue weighted by Gasteiger charge is -2.26. The van der Waals surface area contributed by atoms with E-state index in [1.54, 1.807) is 38.5 Å². The minimum absolute atomic E-state index is 0.112. The number of nitrogens with zero attached hydrogens (tertiary/aromatic N) is 2. The smallest absolute Gasteiger partial charge is 0.283 e. The summed E-state index contributed by atoms with van der Waals surface area (Å²) < 4.78 is 15.9. The third-order valence-corrected chi connectivity index (χ3v) is 6.72. The molecule has 1 unspecified atom stereocenters. The van der Waals surface area contributed by atoms with Gasteiger partial charge in [-0.3, -0.25) is 14.5 Å². The SMILES string of the molecule is COc1ccc(/C=C2/SC3C=CC(C(=O)NCCN4CCOCC4)=CC3=NC2=O)cc1OC. The van der Waals surface area contributed by atoms with Crippen LogP contribution < -0.4 is 14.8 Å². The number of ether oxygens (including phenoxy) is 3. The number of benzene rings is 1. The van der Waals surface area contributed by atoms with E-state index in [1.165, 1.54) is 11.8 Å². The van der Waals surface area contributed by atoms with Crippen molar-refractivity contribution in [2.24, 2.45) is 4.99 Å². The number of morpholine rings is 1. The molecule has 1 saturated heterocycles. The van der Waals surface area contributed by atoms with Gasteiger partial charge in [-0.05, 0) is 29.8 Å². The molecule has 4 rings (SSSR count). The van der Waals surface area contributed by atoms with Gasteiger partial charge in [0.2, 0.25) is 0 Å². The number of thioether (sulfide) groups is 1. The molecule has 1 atom stereocenters. The number of nitrogens with one attached hydrogen (secondary N) is 1. The van der Waals surface area contributed by atoms with E-state index in [4.69, 9.17) is 14.2 Å². The molecule has 0 saturated carbocycles. The Labute approximate surface area is 197 Å². The summed E-state index contributed by atoms with van der Waals surface area (Å²) in [5.41, 5.74) is 1.92. The summed E-state index contributed by atoms with van der Waals surface area (Å²) in [5, 5.41) is 2.83. The maximum atomic E-state index is 12.7. The normalized spacial score (nSPS) is 21.8. The highest BCUT2D eigenvalue weighted by molar-refractivity contribution is 8.05. The molecule has 1 fully saturated rings. The highest BCUT2D eigenvalue weighted by Crippen LogP contribution is 2.35. The summed E-state index contributed by atoms with van der Waals surface area (Å²) in [5.74, 6) is 0.734. The fraction of sp³-hybridized carbons (Fsp3) is 0.375. The van der Waals surface area contributed by atoms with E-state index in [9.17, 15) is 9.59 Å². The van der Waals surface area contributed by atoms with Crippen LogP contribution in [-0.4, -0.2) is 81.3 Å². The summed E-state index contributed by atoms with van der Waals surface area (Å²) in [4.78, 5) is 32.3. The quantitative estimate of drug-likeness (QED) is 0.612. The van der Waals surface area contributed by atoms with Gasteiger partial charge in [-0.25, -0.2) is 4.99 Å². The van der Waals surface area contributed by atoms with Crippen molar-refractivity contribution in [3.8, 4) is 11.5 Å². The van der Waals surface area contributed by atoms with Gasteiger partial charge in [0.05, 0.1) is 43.3 Å². The van der Waals surface area contributed by atoms with E-state index in [0.29, 0.717) is 34.2 Å². The minimum atomic E-state index is -0.320. The Kier molecular flexibility index (Phi) is 7.64. The van der Waals surface area contributed by atoms with Gasteiger partial charge < -0.3 is 19.5 Å². The van der Waals surface area contributed by atoms with E-state index in [1.807, 2.05) is 18.2 Å². The Bertz CT molecular complexity index is 1040. The third kappa shape index (κ3) is 5.73. The molecule has 2 amide bonds. The molecule has 174 valence electrons. The van der Waals surface area contributed by atoms with Crippen LogP contribution >= 0.6 is 11.8 Å². The Morgan fingerprint density at radius 3 is 2.82 bits per heavy atom. The van der Waals surface area contributed by atoms with Crippen LogP contribution in [0.5, 0.6) is 11.5 Å². The van der Waals surface area contributed by atoms with Crippen LogP contribution in [0.4, 0.5) is 0 Å². The van der Waals surface area contributed by atoms with Gasteiger partial charge in [-0.1, -0.05) is 18.2 Å².